The highest BCUT2D eigenvalue weighted by Crippen LogP contribution is 2.36. The van der Waals surface area contributed by atoms with E-state index in [0.29, 0.717) is 13.1 Å². The van der Waals surface area contributed by atoms with Crippen molar-refractivity contribution in [3.8, 4) is 0 Å². The number of anilines is 2. The lowest BCUT2D eigenvalue weighted by Crippen LogP contribution is -2.47. The van der Waals surface area contributed by atoms with Crippen LogP contribution in [0, 0.1) is 5.82 Å². The van der Waals surface area contributed by atoms with Crippen LogP contribution >= 0.6 is 0 Å². The van der Waals surface area contributed by atoms with E-state index in [0.717, 1.165) is 49.4 Å². The molecule has 27 heavy (non-hydrogen) atoms. The lowest BCUT2D eigenvalue weighted by atomic mass is 10.00. The standard InChI is InChI=1S/C21H25FN4O/c1-2-15-11-19(25-8-6-23-7-9-25)18-13-24-21(27)26(20(18)12-15)14-16-4-3-5-17(22)10-16/h3-5,10-12,23H,2,6-9,13-14H2,1H3,(H,24,27). The van der Waals surface area contributed by atoms with Crippen molar-refractivity contribution in [1.82, 2.24) is 10.6 Å². The van der Waals surface area contributed by atoms with E-state index in [9.17, 15) is 9.18 Å². The summed E-state index contributed by atoms with van der Waals surface area (Å²) >= 11 is 0. The van der Waals surface area contributed by atoms with Gasteiger partial charge in [0.2, 0.25) is 0 Å². The maximum Gasteiger partial charge on any atom is 0.322 e. The Labute approximate surface area is 159 Å². The number of nitrogens with one attached hydrogen (secondary N) is 2. The summed E-state index contributed by atoms with van der Waals surface area (Å²) in [5.41, 5.74) is 5.28. The van der Waals surface area contributed by atoms with Gasteiger partial charge in [0.1, 0.15) is 5.82 Å². The molecule has 2 aliphatic heterocycles. The molecule has 2 aliphatic rings. The summed E-state index contributed by atoms with van der Waals surface area (Å²) in [6, 6.07) is 10.7. The van der Waals surface area contributed by atoms with Crippen molar-refractivity contribution in [3.63, 3.8) is 0 Å². The van der Waals surface area contributed by atoms with Crippen LogP contribution in [0.15, 0.2) is 36.4 Å². The third kappa shape index (κ3) is 3.62. The first-order valence-electron chi connectivity index (χ1n) is 9.57. The molecular formula is C21H25FN4O. The maximum atomic E-state index is 13.6. The Hall–Kier alpha value is -2.60. The molecule has 0 unspecified atom stereocenters. The predicted octanol–water partition coefficient (Wildman–Crippen LogP) is 3.03. The van der Waals surface area contributed by atoms with Gasteiger partial charge in [0, 0.05) is 44.0 Å². The van der Waals surface area contributed by atoms with E-state index in [1.54, 1.807) is 11.0 Å². The number of hydrogen-bond donors (Lipinski definition) is 2. The van der Waals surface area contributed by atoms with Crippen LogP contribution in [0.1, 0.15) is 23.6 Å². The quantitative estimate of drug-likeness (QED) is 0.872. The number of rotatable bonds is 4. The molecule has 0 aliphatic carbocycles. The second-order valence-electron chi connectivity index (χ2n) is 7.08. The summed E-state index contributed by atoms with van der Waals surface area (Å²) < 4.78 is 13.6. The van der Waals surface area contributed by atoms with Gasteiger partial charge in [-0.25, -0.2) is 9.18 Å². The van der Waals surface area contributed by atoms with Crippen LogP contribution in [-0.4, -0.2) is 32.2 Å². The Morgan fingerprint density at radius 3 is 2.59 bits per heavy atom. The number of benzene rings is 2. The Balaban J connectivity index is 1.75. The number of carbonyl (C=O) groups is 1. The number of aryl methyl sites for hydroxylation is 1. The summed E-state index contributed by atoms with van der Waals surface area (Å²) in [5, 5.41) is 6.38. The summed E-state index contributed by atoms with van der Waals surface area (Å²) in [6.07, 6.45) is 0.905. The lowest BCUT2D eigenvalue weighted by Gasteiger charge is -2.37. The van der Waals surface area contributed by atoms with Gasteiger partial charge in [0.15, 0.2) is 0 Å². The zero-order valence-corrected chi connectivity index (χ0v) is 15.6. The number of fused-ring (bicyclic) bond motifs is 1. The smallest absolute Gasteiger partial charge is 0.322 e. The van der Waals surface area contributed by atoms with E-state index in [-0.39, 0.29) is 11.8 Å². The molecule has 0 saturated carbocycles. The molecule has 5 nitrogen and oxygen atoms in total. The molecule has 4 rings (SSSR count). The largest absolute Gasteiger partial charge is 0.369 e. The average Bonchev–Trinajstić information content (AvgIpc) is 2.70. The van der Waals surface area contributed by atoms with Crippen molar-refractivity contribution in [1.29, 1.82) is 0 Å². The van der Waals surface area contributed by atoms with Crippen LogP contribution in [0.2, 0.25) is 0 Å². The van der Waals surface area contributed by atoms with Crippen LogP contribution in [0.25, 0.3) is 0 Å². The van der Waals surface area contributed by atoms with E-state index in [1.807, 2.05) is 6.07 Å². The molecule has 6 heteroatoms. The molecule has 0 bridgehead atoms. The van der Waals surface area contributed by atoms with Gasteiger partial charge in [-0.05, 0) is 41.8 Å². The predicted molar refractivity (Wildman–Crippen MR) is 106 cm³/mol. The molecule has 0 spiro atoms. The SMILES string of the molecule is CCc1cc(N2CCNCC2)c2c(c1)N(Cc1cccc(F)c1)C(=O)NC2. The minimum Gasteiger partial charge on any atom is -0.369 e. The zero-order chi connectivity index (χ0) is 18.8. The first-order chi connectivity index (χ1) is 13.2. The highest BCUT2D eigenvalue weighted by atomic mass is 19.1. The first-order valence-corrected chi connectivity index (χ1v) is 9.57. The molecule has 2 N–H and O–H groups in total. The number of carbonyl (C=O) groups excluding carboxylic acids is 1. The van der Waals surface area contributed by atoms with Crippen LogP contribution in [0.3, 0.4) is 0 Å². The van der Waals surface area contributed by atoms with Gasteiger partial charge in [-0.15, -0.1) is 0 Å². The second-order valence-corrected chi connectivity index (χ2v) is 7.08. The van der Waals surface area contributed by atoms with Gasteiger partial charge < -0.3 is 15.5 Å². The highest BCUT2D eigenvalue weighted by molar-refractivity contribution is 5.96. The Morgan fingerprint density at radius 2 is 1.85 bits per heavy atom. The fraction of sp³-hybridized carbons (Fsp3) is 0.381. The van der Waals surface area contributed by atoms with Crippen molar-refractivity contribution >= 4 is 17.4 Å². The zero-order valence-electron chi connectivity index (χ0n) is 15.6. The minimum atomic E-state index is -0.283. The Bertz CT molecular complexity index is 848. The monoisotopic (exact) mass is 368 g/mol. The van der Waals surface area contributed by atoms with E-state index in [1.165, 1.54) is 23.4 Å². The van der Waals surface area contributed by atoms with Crippen LogP contribution in [-0.2, 0) is 19.5 Å². The molecule has 0 atom stereocenters. The summed E-state index contributed by atoms with van der Waals surface area (Å²) in [4.78, 5) is 16.8. The van der Waals surface area contributed by atoms with Crippen LogP contribution in [0.4, 0.5) is 20.6 Å². The molecule has 1 fully saturated rings. The average molecular weight is 368 g/mol. The molecule has 2 aromatic carbocycles. The van der Waals surface area contributed by atoms with Crippen molar-refractivity contribution in [3.05, 3.63) is 58.9 Å². The highest BCUT2D eigenvalue weighted by Gasteiger charge is 2.28. The van der Waals surface area contributed by atoms with Crippen molar-refractivity contribution < 1.29 is 9.18 Å². The van der Waals surface area contributed by atoms with Gasteiger partial charge in [0.25, 0.3) is 0 Å². The number of hydrogen-bond acceptors (Lipinski definition) is 3. The topological polar surface area (TPSA) is 47.6 Å². The van der Waals surface area contributed by atoms with E-state index < -0.39 is 0 Å². The summed E-state index contributed by atoms with van der Waals surface area (Å²) in [7, 11) is 0. The van der Waals surface area contributed by atoms with E-state index >= 15 is 0 Å². The molecule has 2 amide bonds. The number of urea groups is 1. The van der Waals surface area contributed by atoms with Crippen molar-refractivity contribution in [2.75, 3.05) is 36.0 Å². The van der Waals surface area contributed by atoms with Gasteiger partial charge in [-0.3, -0.25) is 4.90 Å². The molecule has 142 valence electrons. The number of piperazine rings is 1. The van der Waals surface area contributed by atoms with Gasteiger partial charge in [-0.1, -0.05) is 19.1 Å². The normalized spacial score (nSPS) is 16.9. The Kier molecular flexibility index (Phi) is 4.99. The van der Waals surface area contributed by atoms with Crippen LogP contribution < -0.4 is 20.4 Å². The van der Waals surface area contributed by atoms with Gasteiger partial charge in [0.05, 0.1) is 12.2 Å². The molecular weight excluding hydrogens is 343 g/mol. The fourth-order valence-electron chi connectivity index (χ4n) is 3.86. The van der Waals surface area contributed by atoms with Gasteiger partial charge in [-0.2, -0.15) is 0 Å². The van der Waals surface area contributed by atoms with Crippen molar-refractivity contribution in [2.45, 2.75) is 26.4 Å². The number of halogens is 1. The van der Waals surface area contributed by atoms with E-state index in [4.69, 9.17) is 0 Å². The van der Waals surface area contributed by atoms with E-state index in [2.05, 4.69) is 34.6 Å². The summed E-state index contributed by atoms with van der Waals surface area (Å²) in [6.45, 7) is 6.84. The molecule has 2 aromatic rings. The third-order valence-electron chi connectivity index (χ3n) is 5.31. The Morgan fingerprint density at radius 1 is 1.07 bits per heavy atom. The minimum absolute atomic E-state index is 0.133. The molecule has 1 saturated heterocycles. The number of amides is 2. The molecule has 0 aromatic heterocycles. The fourth-order valence-corrected chi connectivity index (χ4v) is 3.86. The lowest BCUT2D eigenvalue weighted by molar-refractivity contribution is 0.244. The third-order valence-corrected chi connectivity index (χ3v) is 5.31. The number of nitrogens with zero attached hydrogens (tertiary/aromatic N) is 2. The van der Waals surface area contributed by atoms with Crippen LogP contribution in [0.5, 0.6) is 0 Å². The first kappa shape index (κ1) is 17.8. The second kappa shape index (κ2) is 7.56. The summed E-state index contributed by atoms with van der Waals surface area (Å²) in [5.74, 6) is -0.283. The maximum absolute atomic E-state index is 13.6. The molecule has 2 heterocycles. The molecule has 0 radical (unpaired) electrons. The van der Waals surface area contributed by atoms with Gasteiger partial charge >= 0.3 is 6.03 Å². The van der Waals surface area contributed by atoms with Crippen molar-refractivity contribution in [2.24, 2.45) is 0 Å².